The van der Waals surface area contributed by atoms with Crippen molar-refractivity contribution in [3.8, 4) is 11.5 Å². The first-order chi connectivity index (χ1) is 12.2. The molecule has 0 unspecified atom stereocenters. The highest BCUT2D eigenvalue weighted by Gasteiger charge is 2.20. The number of anilines is 1. The molecule has 1 aromatic heterocycles. The summed E-state index contributed by atoms with van der Waals surface area (Å²) in [5, 5.41) is 2.80. The molecule has 6 heteroatoms. The largest absolute Gasteiger partial charge is 0.455 e. The quantitative estimate of drug-likeness (QED) is 0.908. The zero-order chi connectivity index (χ0) is 17.5. The second kappa shape index (κ2) is 8.28. The summed E-state index contributed by atoms with van der Waals surface area (Å²) in [5.74, 6) is 0.976. The molecule has 0 saturated carbocycles. The molecular weight excluding hydrogens is 318 g/mol. The average Bonchev–Trinajstić information content (AvgIpc) is 2.82. The van der Waals surface area contributed by atoms with E-state index in [-0.39, 0.29) is 18.4 Å². The minimum Gasteiger partial charge on any atom is -0.455 e. The number of nitrogens with one attached hydrogen (secondary N) is 1. The minimum atomic E-state index is -0.249. The molecule has 1 fully saturated rings. The summed E-state index contributed by atoms with van der Waals surface area (Å²) in [5.41, 5.74) is 0.485. The Morgan fingerprint density at radius 2 is 2.00 bits per heavy atom. The summed E-state index contributed by atoms with van der Waals surface area (Å²) in [6.07, 6.45) is 6.53. The van der Waals surface area contributed by atoms with Crippen molar-refractivity contribution in [3.63, 3.8) is 0 Å². The van der Waals surface area contributed by atoms with E-state index in [1.54, 1.807) is 23.4 Å². The second-order valence-electron chi connectivity index (χ2n) is 5.96. The summed E-state index contributed by atoms with van der Waals surface area (Å²) in [7, 11) is 0. The highest BCUT2D eigenvalue weighted by Crippen LogP contribution is 2.28. The number of likely N-dealkylation sites (tertiary alicyclic amines) is 1. The van der Waals surface area contributed by atoms with E-state index >= 15 is 0 Å². The third-order valence-electron chi connectivity index (χ3n) is 4.03. The topological polar surface area (TPSA) is 71.5 Å². The zero-order valence-electron chi connectivity index (χ0n) is 14.0. The molecule has 0 spiro atoms. The van der Waals surface area contributed by atoms with Crippen LogP contribution in [0.4, 0.5) is 5.69 Å². The van der Waals surface area contributed by atoms with Crippen LogP contribution in [0.2, 0.25) is 0 Å². The fourth-order valence-electron chi connectivity index (χ4n) is 2.75. The number of hydrogen-bond acceptors (Lipinski definition) is 4. The van der Waals surface area contributed by atoms with Gasteiger partial charge in [0.15, 0.2) is 5.75 Å². The molecule has 0 aliphatic carbocycles. The molecule has 1 aromatic carbocycles. The van der Waals surface area contributed by atoms with Gasteiger partial charge in [-0.3, -0.25) is 14.6 Å². The lowest BCUT2D eigenvalue weighted by atomic mass is 10.2. The van der Waals surface area contributed by atoms with Crippen LogP contribution in [0.15, 0.2) is 48.8 Å². The van der Waals surface area contributed by atoms with Crippen molar-refractivity contribution in [2.24, 2.45) is 0 Å². The van der Waals surface area contributed by atoms with E-state index in [2.05, 4.69) is 10.3 Å². The fraction of sp³-hybridized carbons (Fsp3) is 0.316. The molecule has 130 valence electrons. The molecule has 0 atom stereocenters. The number of para-hydroxylation sites is 1. The molecule has 0 bridgehead atoms. The molecule has 1 saturated heterocycles. The number of benzene rings is 1. The maximum atomic E-state index is 12.4. The van der Waals surface area contributed by atoms with Gasteiger partial charge in [-0.05, 0) is 25.0 Å². The first-order valence-corrected chi connectivity index (χ1v) is 8.47. The molecular formula is C19H21N3O3. The molecule has 1 aliphatic heterocycles. The Labute approximate surface area is 146 Å². The standard InChI is InChI=1S/C19H21N3O3/c23-18(14-22-12-6-2-5-9-19(22)24)21-16-13-20-11-10-17(16)25-15-7-3-1-4-8-15/h1,3-4,7-8,10-11,13H,2,5-6,9,12,14H2,(H,21,23). The summed E-state index contributed by atoms with van der Waals surface area (Å²) in [4.78, 5) is 30.0. The van der Waals surface area contributed by atoms with Gasteiger partial charge in [0.2, 0.25) is 11.8 Å². The summed E-state index contributed by atoms with van der Waals surface area (Å²) >= 11 is 0. The van der Waals surface area contributed by atoms with E-state index in [1.165, 1.54) is 0 Å². The Morgan fingerprint density at radius 3 is 2.84 bits per heavy atom. The number of carbonyl (C=O) groups excluding carboxylic acids is 2. The summed E-state index contributed by atoms with van der Waals surface area (Å²) < 4.78 is 5.81. The third kappa shape index (κ3) is 4.79. The summed E-state index contributed by atoms with van der Waals surface area (Å²) in [6, 6.07) is 11.0. The third-order valence-corrected chi connectivity index (χ3v) is 4.03. The van der Waals surface area contributed by atoms with Gasteiger partial charge in [0.25, 0.3) is 0 Å². The minimum absolute atomic E-state index is 0.0413. The molecule has 2 aromatic rings. The van der Waals surface area contributed by atoms with Crippen molar-refractivity contribution in [3.05, 3.63) is 48.8 Å². The zero-order valence-corrected chi connectivity index (χ0v) is 14.0. The highest BCUT2D eigenvalue weighted by atomic mass is 16.5. The van der Waals surface area contributed by atoms with Gasteiger partial charge < -0.3 is 15.0 Å². The van der Waals surface area contributed by atoms with Crippen LogP contribution in [0, 0.1) is 0 Å². The molecule has 6 nitrogen and oxygen atoms in total. The van der Waals surface area contributed by atoms with E-state index in [0.29, 0.717) is 30.2 Å². The predicted octanol–water partition coefficient (Wildman–Crippen LogP) is 3.22. The van der Waals surface area contributed by atoms with Crippen molar-refractivity contribution >= 4 is 17.5 Å². The van der Waals surface area contributed by atoms with Crippen molar-refractivity contribution in [2.45, 2.75) is 25.7 Å². The van der Waals surface area contributed by atoms with Crippen molar-refractivity contribution in [1.29, 1.82) is 0 Å². The van der Waals surface area contributed by atoms with Crippen molar-refractivity contribution < 1.29 is 14.3 Å². The number of amides is 2. The number of ether oxygens (including phenoxy) is 1. The molecule has 2 amide bonds. The van der Waals surface area contributed by atoms with Crippen molar-refractivity contribution in [1.82, 2.24) is 9.88 Å². The fourth-order valence-corrected chi connectivity index (χ4v) is 2.75. The number of pyridine rings is 1. The Balaban J connectivity index is 1.66. The Bertz CT molecular complexity index is 734. The second-order valence-corrected chi connectivity index (χ2v) is 5.96. The van der Waals surface area contributed by atoms with E-state index in [9.17, 15) is 9.59 Å². The smallest absolute Gasteiger partial charge is 0.244 e. The van der Waals surface area contributed by atoms with Crippen LogP contribution in [0.5, 0.6) is 11.5 Å². The van der Waals surface area contributed by atoms with Crippen LogP contribution in [0.25, 0.3) is 0 Å². The maximum Gasteiger partial charge on any atom is 0.244 e. The predicted molar refractivity (Wildman–Crippen MR) is 94.4 cm³/mol. The van der Waals surface area contributed by atoms with E-state index in [4.69, 9.17) is 4.74 Å². The lowest BCUT2D eigenvalue weighted by molar-refractivity contribution is -0.134. The number of nitrogens with zero attached hydrogens (tertiary/aromatic N) is 2. The lowest BCUT2D eigenvalue weighted by Gasteiger charge is -2.20. The molecule has 0 radical (unpaired) electrons. The van der Waals surface area contributed by atoms with Gasteiger partial charge in [0.05, 0.1) is 12.7 Å². The van der Waals surface area contributed by atoms with Crippen LogP contribution in [0.3, 0.4) is 0 Å². The molecule has 25 heavy (non-hydrogen) atoms. The average molecular weight is 339 g/mol. The number of carbonyl (C=O) groups is 2. The van der Waals surface area contributed by atoms with E-state index < -0.39 is 0 Å². The van der Waals surface area contributed by atoms with Crippen LogP contribution in [0.1, 0.15) is 25.7 Å². The van der Waals surface area contributed by atoms with Gasteiger partial charge in [0, 0.05) is 25.2 Å². The lowest BCUT2D eigenvalue weighted by Crippen LogP contribution is -2.37. The number of aromatic nitrogens is 1. The van der Waals surface area contributed by atoms with Crippen LogP contribution < -0.4 is 10.1 Å². The van der Waals surface area contributed by atoms with Gasteiger partial charge in [-0.2, -0.15) is 0 Å². The van der Waals surface area contributed by atoms with Gasteiger partial charge in [0.1, 0.15) is 11.4 Å². The summed E-state index contributed by atoms with van der Waals surface area (Å²) in [6.45, 7) is 0.686. The van der Waals surface area contributed by atoms with Crippen LogP contribution in [-0.2, 0) is 9.59 Å². The monoisotopic (exact) mass is 339 g/mol. The van der Waals surface area contributed by atoms with E-state index in [1.807, 2.05) is 30.3 Å². The first kappa shape index (κ1) is 17.0. The molecule has 1 N–H and O–H groups in total. The number of rotatable bonds is 5. The van der Waals surface area contributed by atoms with Gasteiger partial charge in [-0.15, -0.1) is 0 Å². The Kier molecular flexibility index (Phi) is 5.61. The molecule has 3 rings (SSSR count). The van der Waals surface area contributed by atoms with Crippen LogP contribution in [-0.4, -0.2) is 34.8 Å². The maximum absolute atomic E-state index is 12.4. The van der Waals surface area contributed by atoms with Gasteiger partial charge in [-0.25, -0.2) is 0 Å². The normalized spacial score (nSPS) is 14.7. The number of hydrogen-bond donors (Lipinski definition) is 1. The SMILES string of the molecule is O=C(CN1CCCCCC1=O)Nc1cnccc1Oc1ccccc1. The van der Waals surface area contributed by atoms with Crippen LogP contribution >= 0.6 is 0 Å². The Hall–Kier alpha value is -2.89. The Morgan fingerprint density at radius 1 is 1.16 bits per heavy atom. The van der Waals surface area contributed by atoms with Crippen molar-refractivity contribution in [2.75, 3.05) is 18.4 Å². The molecule has 1 aliphatic rings. The van der Waals surface area contributed by atoms with Gasteiger partial charge in [-0.1, -0.05) is 24.6 Å². The highest BCUT2D eigenvalue weighted by molar-refractivity contribution is 5.95. The van der Waals surface area contributed by atoms with Gasteiger partial charge >= 0.3 is 0 Å². The van der Waals surface area contributed by atoms with E-state index in [0.717, 1.165) is 19.3 Å². The molecule has 2 heterocycles. The first-order valence-electron chi connectivity index (χ1n) is 8.47.